The topological polar surface area (TPSA) is 41.1 Å². The lowest BCUT2D eigenvalue weighted by Gasteiger charge is -2.37. The smallest absolute Gasteiger partial charge is 0.230 e. The molecule has 3 nitrogen and oxygen atoms in total. The highest BCUT2D eigenvalue weighted by Crippen LogP contribution is 2.44. The van der Waals surface area contributed by atoms with Crippen molar-refractivity contribution >= 4 is 5.91 Å². The van der Waals surface area contributed by atoms with Crippen LogP contribution >= 0.6 is 0 Å². The monoisotopic (exact) mass is 272 g/mol. The van der Waals surface area contributed by atoms with Gasteiger partial charge < -0.3 is 10.6 Å². The first-order valence-corrected chi connectivity index (χ1v) is 7.69. The number of piperidine rings is 1. The summed E-state index contributed by atoms with van der Waals surface area (Å²) >= 11 is 0. The summed E-state index contributed by atoms with van der Waals surface area (Å²) in [5.41, 5.74) is 1.19. The first-order chi connectivity index (χ1) is 9.65. The Labute approximate surface area is 121 Å². The van der Waals surface area contributed by atoms with Crippen molar-refractivity contribution in [1.82, 2.24) is 10.6 Å². The fourth-order valence-corrected chi connectivity index (χ4v) is 3.11. The molecule has 0 bridgehead atoms. The van der Waals surface area contributed by atoms with E-state index < -0.39 is 0 Å². The highest BCUT2D eigenvalue weighted by atomic mass is 16.2. The average molecular weight is 272 g/mol. The highest BCUT2D eigenvalue weighted by Gasteiger charge is 2.43. The number of benzene rings is 1. The zero-order valence-electron chi connectivity index (χ0n) is 12.2. The van der Waals surface area contributed by atoms with E-state index in [-0.39, 0.29) is 11.3 Å². The lowest BCUT2D eigenvalue weighted by molar-refractivity contribution is -0.128. The van der Waals surface area contributed by atoms with E-state index in [1.807, 2.05) is 18.2 Å². The molecule has 1 amide bonds. The number of amides is 1. The van der Waals surface area contributed by atoms with Gasteiger partial charge in [0.05, 0.1) is 5.41 Å². The van der Waals surface area contributed by atoms with Gasteiger partial charge in [0.2, 0.25) is 5.91 Å². The summed E-state index contributed by atoms with van der Waals surface area (Å²) in [6.07, 6.45) is 4.26. The second-order valence-corrected chi connectivity index (χ2v) is 6.69. The molecule has 1 aromatic rings. The maximum atomic E-state index is 12.9. The molecule has 0 spiro atoms. The summed E-state index contributed by atoms with van der Waals surface area (Å²) in [6.45, 7) is 4.91. The maximum Gasteiger partial charge on any atom is 0.230 e. The zero-order chi connectivity index (χ0) is 14.1. The summed E-state index contributed by atoms with van der Waals surface area (Å²) in [5.74, 6) is 0.221. The molecule has 2 N–H and O–H groups in total. The molecule has 1 heterocycles. The van der Waals surface area contributed by atoms with Crippen LogP contribution in [0.4, 0.5) is 0 Å². The molecule has 2 fully saturated rings. The van der Waals surface area contributed by atoms with E-state index in [0.29, 0.717) is 5.41 Å². The van der Waals surface area contributed by atoms with Crippen molar-refractivity contribution in [3.63, 3.8) is 0 Å². The van der Waals surface area contributed by atoms with Crippen molar-refractivity contribution in [1.29, 1.82) is 0 Å². The van der Waals surface area contributed by atoms with Crippen LogP contribution in [0, 0.1) is 5.41 Å². The third kappa shape index (κ3) is 2.59. The van der Waals surface area contributed by atoms with E-state index in [1.165, 1.54) is 18.4 Å². The molecule has 1 saturated carbocycles. The van der Waals surface area contributed by atoms with Crippen LogP contribution in [-0.4, -0.2) is 25.5 Å². The first kappa shape index (κ1) is 13.6. The van der Waals surface area contributed by atoms with E-state index >= 15 is 0 Å². The van der Waals surface area contributed by atoms with Crippen molar-refractivity contribution < 1.29 is 4.79 Å². The maximum absolute atomic E-state index is 12.9. The zero-order valence-corrected chi connectivity index (χ0v) is 12.2. The molecule has 1 aromatic carbocycles. The van der Waals surface area contributed by atoms with Gasteiger partial charge in [0, 0.05) is 6.54 Å². The van der Waals surface area contributed by atoms with Gasteiger partial charge in [-0.1, -0.05) is 37.3 Å². The number of nitrogens with one attached hydrogen (secondary N) is 2. The van der Waals surface area contributed by atoms with Crippen molar-refractivity contribution in [3.8, 4) is 0 Å². The second kappa shape index (κ2) is 5.21. The standard InChI is InChI=1S/C17H24N2O/c1-16(7-8-16)13-19-15(20)17(9-11-18-12-10-17)14-5-3-2-4-6-14/h2-6,18H,7-13H2,1H3,(H,19,20). The number of carbonyl (C=O) groups is 1. The van der Waals surface area contributed by atoms with Gasteiger partial charge in [-0.05, 0) is 49.8 Å². The van der Waals surface area contributed by atoms with Crippen molar-refractivity contribution in [2.45, 2.75) is 38.0 Å². The van der Waals surface area contributed by atoms with Crippen molar-refractivity contribution in [2.75, 3.05) is 19.6 Å². The molecule has 3 heteroatoms. The minimum atomic E-state index is -0.336. The predicted octanol–water partition coefficient (Wildman–Crippen LogP) is 2.22. The van der Waals surface area contributed by atoms with E-state index in [0.717, 1.165) is 32.5 Å². The van der Waals surface area contributed by atoms with Gasteiger partial charge in [0.1, 0.15) is 0 Å². The fourth-order valence-electron chi connectivity index (χ4n) is 3.11. The van der Waals surface area contributed by atoms with Crippen LogP contribution in [-0.2, 0) is 10.2 Å². The SMILES string of the molecule is CC1(CNC(=O)C2(c3ccccc3)CCNCC2)CC1. The van der Waals surface area contributed by atoms with Gasteiger partial charge in [-0.2, -0.15) is 0 Å². The minimum Gasteiger partial charge on any atom is -0.355 e. The molecule has 1 saturated heterocycles. The lowest BCUT2D eigenvalue weighted by Crippen LogP contribution is -2.51. The Hall–Kier alpha value is -1.35. The molecule has 1 aliphatic heterocycles. The Kier molecular flexibility index (Phi) is 3.55. The second-order valence-electron chi connectivity index (χ2n) is 6.69. The third-order valence-electron chi connectivity index (χ3n) is 5.00. The Morgan fingerprint density at radius 1 is 1.15 bits per heavy atom. The molecule has 0 unspecified atom stereocenters. The Balaban J connectivity index is 1.80. The first-order valence-electron chi connectivity index (χ1n) is 7.69. The third-order valence-corrected chi connectivity index (χ3v) is 5.00. The van der Waals surface area contributed by atoms with Crippen LogP contribution in [0.15, 0.2) is 30.3 Å². The van der Waals surface area contributed by atoms with Crippen LogP contribution in [0.1, 0.15) is 38.2 Å². The minimum absolute atomic E-state index is 0.221. The van der Waals surface area contributed by atoms with Crippen LogP contribution in [0.2, 0.25) is 0 Å². The summed E-state index contributed by atoms with van der Waals surface area (Å²) in [4.78, 5) is 12.9. The fraction of sp³-hybridized carbons (Fsp3) is 0.588. The molecule has 108 valence electrons. The van der Waals surface area contributed by atoms with Crippen LogP contribution in [0.25, 0.3) is 0 Å². The quantitative estimate of drug-likeness (QED) is 0.882. The van der Waals surface area contributed by atoms with Gasteiger partial charge in [-0.3, -0.25) is 4.79 Å². The van der Waals surface area contributed by atoms with Crippen molar-refractivity contribution in [3.05, 3.63) is 35.9 Å². The summed E-state index contributed by atoms with van der Waals surface area (Å²) in [6, 6.07) is 10.3. The molecule has 3 rings (SSSR count). The molecule has 0 aromatic heterocycles. The molecule has 0 radical (unpaired) electrons. The molecular weight excluding hydrogens is 248 g/mol. The van der Waals surface area contributed by atoms with Gasteiger partial charge in [0.15, 0.2) is 0 Å². The largest absolute Gasteiger partial charge is 0.355 e. The average Bonchev–Trinajstić information content (AvgIpc) is 3.24. The van der Waals surface area contributed by atoms with Crippen molar-refractivity contribution in [2.24, 2.45) is 5.41 Å². The van der Waals surface area contributed by atoms with E-state index in [1.54, 1.807) is 0 Å². The van der Waals surface area contributed by atoms with Gasteiger partial charge in [0.25, 0.3) is 0 Å². The highest BCUT2D eigenvalue weighted by molar-refractivity contribution is 5.88. The van der Waals surface area contributed by atoms with E-state index in [4.69, 9.17) is 0 Å². The normalized spacial score (nSPS) is 23.1. The van der Waals surface area contributed by atoms with Crippen LogP contribution in [0.5, 0.6) is 0 Å². The van der Waals surface area contributed by atoms with Gasteiger partial charge in [-0.15, -0.1) is 0 Å². The Bertz CT molecular complexity index is 473. The lowest BCUT2D eigenvalue weighted by atomic mass is 9.72. The van der Waals surface area contributed by atoms with Gasteiger partial charge in [-0.25, -0.2) is 0 Å². The molecule has 20 heavy (non-hydrogen) atoms. The van der Waals surface area contributed by atoms with Gasteiger partial charge >= 0.3 is 0 Å². The summed E-state index contributed by atoms with van der Waals surface area (Å²) < 4.78 is 0. The number of hydrogen-bond acceptors (Lipinski definition) is 2. The summed E-state index contributed by atoms with van der Waals surface area (Å²) in [7, 11) is 0. The number of rotatable bonds is 4. The van der Waals surface area contributed by atoms with E-state index in [9.17, 15) is 4.79 Å². The number of hydrogen-bond donors (Lipinski definition) is 2. The molecule has 0 atom stereocenters. The Morgan fingerprint density at radius 2 is 1.80 bits per heavy atom. The molecule has 2 aliphatic rings. The predicted molar refractivity (Wildman–Crippen MR) is 80.6 cm³/mol. The molecular formula is C17H24N2O. The van der Waals surface area contributed by atoms with E-state index in [2.05, 4.69) is 29.7 Å². The Morgan fingerprint density at radius 3 is 2.40 bits per heavy atom. The van der Waals surface area contributed by atoms with Crippen LogP contribution < -0.4 is 10.6 Å². The molecule has 1 aliphatic carbocycles. The summed E-state index contributed by atoms with van der Waals surface area (Å²) in [5, 5.41) is 6.60. The number of carbonyl (C=O) groups excluding carboxylic acids is 1. The van der Waals surface area contributed by atoms with Crippen LogP contribution in [0.3, 0.4) is 0 Å².